The summed E-state index contributed by atoms with van der Waals surface area (Å²) in [4.78, 5) is 25.7. The number of aromatic nitrogens is 2. The molecule has 1 N–H and O–H groups in total. The van der Waals surface area contributed by atoms with Crippen molar-refractivity contribution in [2.75, 3.05) is 13.7 Å². The number of hydrogen-bond acceptors (Lipinski definition) is 6. The van der Waals surface area contributed by atoms with E-state index in [9.17, 15) is 14.0 Å². The minimum absolute atomic E-state index is 0.260. The molecular formula is C23H20FN3O4S. The maximum Gasteiger partial charge on any atom is 0.348 e. The first kappa shape index (κ1) is 21.5. The number of thiophene rings is 1. The molecule has 1 amide bonds. The molecule has 2 heterocycles. The summed E-state index contributed by atoms with van der Waals surface area (Å²) in [5, 5.41) is 7.98. The summed E-state index contributed by atoms with van der Waals surface area (Å²) in [6.45, 7) is 1.69. The lowest BCUT2D eigenvalue weighted by atomic mass is 10.2. The monoisotopic (exact) mass is 453 g/mol. The summed E-state index contributed by atoms with van der Waals surface area (Å²) in [6, 6.07) is 15.0. The van der Waals surface area contributed by atoms with Gasteiger partial charge in [-0.15, -0.1) is 11.3 Å². The van der Waals surface area contributed by atoms with Crippen molar-refractivity contribution >= 4 is 33.4 Å². The van der Waals surface area contributed by atoms with Crippen molar-refractivity contribution in [2.24, 2.45) is 0 Å². The smallest absolute Gasteiger partial charge is 0.348 e. The Labute approximate surface area is 187 Å². The highest BCUT2D eigenvalue weighted by Gasteiger charge is 2.19. The number of hydrogen-bond donors (Lipinski definition) is 1. The minimum Gasteiger partial charge on any atom is -0.496 e. The van der Waals surface area contributed by atoms with E-state index in [2.05, 4.69) is 10.4 Å². The Kier molecular flexibility index (Phi) is 6.18. The number of amides is 1. The fourth-order valence-corrected chi connectivity index (χ4v) is 4.28. The van der Waals surface area contributed by atoms with Crippen LogP contribution in [0.15, 0.2) is 54.6 Å². The average molecular weight is 453 g/mol. The van der Waals surface area contributed by atoms with Crippen LogP contribution in [0.2, 0.25) is 0 Å². The maximum atomic E-state index is 13.2. The molecule has 0 bridgehead atoms. The van der Waals surface area contributed by atoms with Gasteiger partial charge in [-0.05, 0) is 43.3 Å². The Hall–Kier alpha value is -3.72. The van der Waals surface area contributed by atoms with Gasteiger partial charge < -0.3 is 14.8 Å². The molecule has 4 aromatic rings. The first-order chi connectivity index (χ1) is 15.5. The largest absolute Gasteiger partial charge is 0.496 e. The van der Waals surface area contributed by atoms with Crippen molar-refractivity contribution in [3.05, 3.63) is 76.5 Å². The second-order valence-electron chi connectivity index (χ2n) is 6.97. The molecule has 0 aliphatic rings. The average Bonchev–Trinajstić information content (AvgIpc) is 3.37. The van der Waals surface area contributed by atoms with E-state index in [0.29, 0.717) is 16.3 Å². The zero-order chi connectivity index (χ0) is 22.7. The topological polar surface area (TPSA) is 82.4 Å². The van der Waals surface area contributed by atoms with Gasteiger partial charge in [-0.3, -0.25) is 4.79 Å². The number of benzene rings is 2. The van der Waals surface area contributed by atoms with E-state index in [1.54, 1.807) is 36.1 Å². The summed E-state index contributed by atoms with van der Waals surface area (Å²) in [7, 11) is 1.56. The van der Waals surface area contributed by atoms with Crippen molar-refractivity contribution in [2.45, 2.75) is 13.5 Å². The maximum absolute atomic E-state index is 13.2. The van der Waals surface area contributed by atoms with E-state index in [0.717, 1.165) is 21.5 Å². The Morgan fingerprint density at radius 3 is 2.66 bits per heavy atom. The molecule has 2 aromatic carbocycles. The van der Waals surface area contributed by atoms with E-state index in [-0.39, 0.29) is 12.4 Å². The predicted octanol–water partition coefficient (Wildman–Crippen LogP) is 4.02. The molecule has 9 heteroatoms. The third-order valence-electron chi connectivity index (χ3n) is 4.82. The number of aryl methyl sites for hydroxylation is 1. The number of ether oxygens (including phenoxy) is 2. The fourth-order valence-electron chi connectivity index (χ4n) is 3.20. The first-order valence-electron chi connectivity index (χ1n) is 9.77. The van der Waals surface area contributed by atoms with Gasteiger partial charge in [0.25, 0.3) is 5.91 Å². The third-order valence-corrected chi connectivity index (χ3v) is 5.91. The lowest BCUT2D eigenvalue weighted by molar-refractivity contribution is -0.124. The molecule has 2 aromatic heterocycles. The van der Waals surface area contributed by atoms with Gasteiger partial charge in [0, 0.05) is 17.5 Å². The highest BCUT2D eigenvalue weighted by molar-refractivity contribution is 7.20. The number of para-hydroxylation sites is 1. The van der Waals surface area contributed by atoms with E-state index in [1.807, 2.05) is 25.1 Å². The van der Waals surface area contributed by atoms with Gasteiger partial charge in [0.05, 0.1) is 18.5 Å². The van der Waals surface area contributed by atoms with Crippen molar-refractivity contribution < 1.29 is 23.5 Å². The van der Waals surface area contributed by atoms with Gasteiger partial charge in [-0.2, -0.15) is 5.10 Å². The number of carbonyl (C=O) groups is 2. The molecule has 164 valence electrons. The number of carbonyl (C=O) groups excluding carboxylic acids is 2. The van der Waals surface area contributed by atoms with Gasteiger partial charge in [-0.25, -0.2) is 13.9 Å². The van der Waals surface area contributed by atoms with Gasteiger partial charge in [0.2, 0.25) is 0 Å². The number of rotatable bonds is 7. The molecule has 7 nitrogen and oxygen atoms in total. The molecule has 0 atom stereocenters. The van der Waals surface area contributed by atoms with Crippen LogP contribution in [0.3, 0.4) is 0 Å². The number of halogens is 1. The number of nitrogens with one attached hydrogen (secondary N) is 1. The van der Waals surface area contributed by atoms with Crippen molar-refractivity contribution in [3.63, 3.8) is 0 Å². The minimum atomic E-state index is -0.594. The van der Waals surface area contributed by atoms with E-state index in [4.69, 9.17) is 9.47 Å². The van der Waals surface area contributed by atoms with Gasteiger partial charge in [0.15, 0.2) is 6.61 Å². The molecular weight excluding hydrogens is 433 g/mol. The summed E-state index contributed by atoms with van der Waals surface area (Å²) in [5.41, 5.74) is 2.23. The Balaban J connectivity index is 1.41. The molecule has 0 fully saturated rings. The van der Waals surface area contributed by atoms with Crippen molar-refractivity contribution in [3.8, 4) is 11.4 Å². The van der Waals surface area contributed by atoms with Crippen LogP contribution in [0.4, 0.5) is 4.39 Å². The lowest BCUT2D eigenvalue weighted by Gasteiger charge is -2.09. The molecule has 0 radical (unpaired) electrons. The zero-order valence-electron chi connectivity index (χ0n) is 17.4. The Morgan fingerprint density at radius 2 is 1.91 bits per heavy atom. The standard InChI is InChI=1S/C23H20FN3O4S/c1-14-18-11-20(32-22(18)27(26-14)17-9-7-16(24)8-10-17)23(29)31-13-21(28)25-12-15-5-3-4-6-19(15)30-2/h3-11H,12-13H2,1-2H3,(H,25,28). The molecule has 0 saturated carbocycles. The SMILES string of the molecule is COc1ccccc1CNC(=O)COC(=O)c1cc2c(C)nn(-c3ccc(F)cc3)c2s1. The highest BCUT2D eigenvalue weighted by atomic mass is 32.1. The molecule has 0 spiro atoms. The number of methoxy groups -OCH3 is 1. The van der Waals surface area contributed by atoms with E-state index in [1.165, 1.54) is 23.5 Å². The molecule has 0 unspecified atom stereocenters. The summed E-state index contributed by atoms with van der Waals surface area (Å²) < 4.78 is 25.3. The summed E-state index contributed by atoms with van der Waals surface area (Å²) in [5.74, 6) is -0.684. The molecule has 4 rings (SSSR count). The normalized spacial score (nSPS) is 10.8. The van der Waals surface area contributed by atoms with Crippen LogP contribution in [-0.4, -0.2) is 35.4 Å². The van der Waals surface area contributed by atoms with Crippen LogP contribution in [0.25, 0.3) is 15.9 Å². The zero-order valence-corrected chi connectivity index (χ0v) is 18.2. The van der Waals surface area contributed by atoms with Crippen LogP contribution in [0, 0.1) is 12.7 Å². The van der Waals surface area contributed by atoms with Crippen LogP contribution < -0.4 is 10.1 Å². The predicted molar refractivity (Wildman–Crippen MR) is 119 cm³/mol. The number of esters is 1. The lowest BCUT2D eigenvalue weighted by Crippen LogP contribution is -2.28. The molecule has 0 aliphatic heterocycles. The Morgan fingerprint density at radius 1 is 1.16 bits per heavy atom. The number of fused-ring (bicyclic) bond motifs is 1. The highest BCUT2D eigenvalue weighted by Crippen LogP contribution is 2.30. The van der Waals surface area contributed by atoms with Gasteiger partial charge >= 0.3 is 5.97 Å². The fraction of sp³-hybridized carbons (Fsp3) is 0.174. The Bertz CT molecular complexity index is 1280. The molecule has 0 saturated heterocycles. The van der Waals surface area contributed by atoms with Crippen LogP contribution in [0.1, 0.15) is 20.9 Å². The third kappa shape index (κ3) is 4.47. The van der Waals surface area contributed by atoms with Crippen molar-refractivity contribution in [1.82, 2.24) is 15.1 Å². The molecule has 32 heavy (non-hydrogen) atoms. The quantitative estimate of drug-likeness (QED) is 0.428. The number of nitrogens with zero attached hydrogens (tertiary/aromatic N) is 2. The summed E-state index contributed by atoms with van der Waals surface area (Å²) >= 11 is 1.20. The van der Waals surface area contributed by atoms with E-state index < -0.39 is 18.5 Å². The second kappa shape index (κ2) is 9.19. The van der Waals surface area contributed by atoms with Gasteiger partial charge in [0.1, 0.15) is 21.3 Å². The second-order valence-corrected chi connectivity index (χ2v) is 8.00. The van der Waals surface area contributed by atoms with E-state index >= 15 is 0 Å². The van der Waals surface area contributed by atoms with Crippen LogP contribution in [-0.2, 0) is 16.1 Å². The van der Waals surface area contributed by atoms with Crippen molar-refractivity contribution in [1.29, 1.82) is 0 Å². The first-order valence-corrected chi connectivity index (χ1v) is 10.6. The summed E-state index contributed by atoms with van der Waals surface area (Å²) in [6.07, 6.45) is 0. The molecule has 0 aliphatic carbocycles. The van der Waals surface area contributed by atoms with Crippen LogP contribution in [0.5, 0.6) is 5.75 Å². The van der Waals surface area contributed by atoms with Crippen LogP contribution >= 0.6 is 11.3 Å². The van der Waals surface area contributed by atoms with Gasteiger partial charge in [-0.1, -0.05) is 18.2 Å².